The molecule has 0 unspecified atom stereocenters. The Bertz CT molecular complexity index is 1050. The predicted octanol–water partition coefficient (Wildman–Crippen LogP) is 5.16. The summed E-state index contributed by atoms with van der Waals surface area (Å²) < 4.78 is 84.5. The molecule has 0 aromatic heterocycles. The normalized spacial score (nSPS) is 20.3. The van der Waals surface area contributed by atoms with Crippen molar-refractivity contribution in [3.63, 3.8) is 0 Å². The highest BCUT2D eigenvalue weighted by Gasteiger charge is 2.46. The van der Waals surface area contributed by atoms with E-state index in [9.17, 15) is 35.9 Å². The second-order valence-electron chi connectivity index (χ2n) is 8.46. The number of carbonyl (C=O) groups is 2. The van der Waals surface area contributed by atoms with Crippen LogP contribution in [0.1, 0.15) is 41.5 Å². The van der Waals surface area contributed by atoms with E-state index in [1.807, 2.05) is 0 Å². The average Bonchev–Trinajstić information content (AvgIpc) is 3.13. The van der Waals surface area contributed by atoms with Crippen LogP contribution in [-0.2, 0) is 38.8 Å². The first-order chi connectivity index (χ1) is 16.8. The number of nitrogens with one attached hydrogen (secondary N) is 2. The van der Waals surface area contributed by atoms with Crippen molar-refractivity contribution >= 4 is 23.4 Å². The number of ether oxygens (including phenoxy) is 1. The zero-order valence-corrected chi connectivity index (χ0v) is 19.6. The molecule has 196 valence electrons. The summed E-state index contributed by atoms with van der Waals surface area (Å²) in [4.78, 5) is 24.8. The molecule has 0 radical (unpaired) electrons. The van der Waals surface area contributed by atoms with Crippen LogP contribution < -0.4 is 10.6 Å². The summed E-state index contributed by atoms with van der Waals surface area (Å²) >= 11 is 5.59. The SMILES string of the molecule is O=C(CCCCl)N[C@H]1C[C@@](COCc2cc(C(F)(F)F)cc(C(F)(F)F)c2)(c2ccccc2)NC1=O. The molecule has 5 nitrogen and oxygen atoms in total. The number of halogens is 7. The Morgan fingerprint density at radius 2 is 1.67 bits per heavy atom. The van der Waals surface area contributed by atoms with Crippen LogP contribution in [0, 0.1) is 0 Å². The Hall–Kier alpha value is -2.79. The highest BCUT2D eigenvalue weighted by atomic mass is 35.5. The second kappa shape index (κ2) is 11.1. The van der Waals surface area contributed by atoms with E-state index < -0.39 is 47.6 Å². The Labute approximate surface area is 208 Å². The first-order valence-electron chi connectivity index (χ1n) is 10.9. The maximum absolute atomic E-state index is 13.2. The summed E-state index contributed by atoms with van der Waals surface area (Å²) in [5, 5.41) is 5.42. The number of amides is 2. The van der Waals surface area contributed by atoms with Crippen LogP contribution >= 0.6 is 11.6 Å². The molecule has 0 aliphatic carbocycles. The lowest BCUT2D eigenvalue weighted by atomic mass is 9.88. The van der Waals surface area contributed by atoms with Crippen molar-refractivity contribution in [2.45, 2.75) is 49.8 Å². The molecule has 2 aromatic rings. The molecule has 36 heavy (non-hydrogen) atoms. The fourth-order valence-electron chi connectivity index (χ4n) is 4.00. The summed E-state index contributed by atoms with van der Waals surface area (Å²) in [6.07, 6.45) is -9.34. The van der Waals surface area contributed by atoms with Gasteiger partial charge in [0.15, 0.2) is 0 Å². The van der Waals surface area contributed by atoms with E-state index >= 15 is 0 Å². The predicted molar refractivity (Wildman–Crippen MR) is 119 cm³/mol. The van der Waals surface area contributed by atoms with Crippen LogP contribution in [0.25, 0.3) is 0 Å². The molecule has 1 aliphatic rings. The average molecular weight is 537 g/mol. The molecule has 0 saturated carbocycles. The van der Waals surface area contributed by atoms with Crippen LogP contribution in [0.2, 0.25) is 0 Å². The van der Waals surface area contributed by atoms with Gasteiger partial charge >= 0.3 is 12.4 Å². The molecule has 3 rings (SSSR count). The minimum absolute atomic E-state index is 0.0453. The van der Waals surface area contributed by atoms with E-state index in [1.165, 1.54) is 0 Å². The summed E-state index contributed by atoms with van der Waals surface area (Å²) in [6.45, 7) is -0.821. The summed E-state index contributed by atoms with van der Waals surface area (Å²) in [5.41, 5.74) is -3.76. The molecule has 0 spiro atoms. The van der Waals surface area contributed by atoms with E-state index in [1.54, 1.807) is 30.3 Å². The Balaban J connectivity index is 1.80. The lowest BCUT2D eigenvalue weighted by Crippen LogP contribution is -2.43. The summed E-state index contributed by atoms with van der Waals surface area (Å²) in [6, 6.07) is 8.89. The van der Waals surface area contributed by atoms with Crippen LogP contribution in [0.15, 0.2) is 48.5 Å². The Kier molecular flexibility index (Phi) is 8.55. The second-order valence-corrected chi connectivity index (χ2v) is 8.84. The number of rotatable bonds is 9. The lowest BCUT2D eigenvalue weighted by molar-refractivity contribution is -0.143. The number of benzene rings is 2. The molecular formula is C24H23ClF6N2O3. The lowest BCUT2D eigenvalue weighted by Gasteiger charge is -2.30. The maximum atomic E-state index is 13.2. The van der Waals surface area contributed by atoms with E-state index in [-0.39, 0.29) is 42.9 Å². The van der Waals surface area contributed by atoms with Crippen molar-refractivity contribution in [3.8, 4) is 0 Å². The van der Waals surface area contributed by atoms with Crippen molar-refractivity contribution in [3.05, 3.63) is 70.8 Å². The zero-order valence-electron chi connectivity index (χ0n) is 18.8. The number of hydrogen-bond donors (Lipinski definition) is 2. The zero-order chi connectivity index (χ0) is 26.6. The van der Waals surface area contributed by atoms with Gasteiger partial charge in [-0.2, -0.15) is 26.3 Å². The van der Waals surface area contributed by atoms with Crippen molar-refractivity contribution in [1.82, 2.24) is 10.6 Å². The van der Waals surface area contributed by atoms with Crippen LogP contribution in [0.5, 0.6) is 0 Å². The van der Waals surface area contributed by atoms with Crippen molar-refractivity contribution < 1.29 is 40.7 Å². The molecule has 2 N–H and O–H groups in total. The van der Waals surface area contributed by atoms with Crippen molar-refractivity contribution in [1.29, 1.82) is 0 Å². The largest absolute Gasteiger partial charge is 0.416 e. The van der Waals surface area contributed by atoms with Gasteiger partial charge in [0.2, 0.25) is 11.8 Å². The minimum Gasteiger partial charge on any atom is -0.374 e. The van der Waals surface area contributed by atoms with Gasteiger partial charge in [-0.15, -0.1) is 11.6 Å². The van der Waals surface area contributed by atoms with Gasteiger partial charge in [0.1, 0.15) is 6.04 Å². The van der Waals surface area contributed by atoms with Crippen LogP contribution in [0.3, 0.4) is 0 Å². The van der Waals surface area contributed by atoms with Crippen LogP contribution in [0.4, 0.5) is 26.3 Å². The third kappa shape index (κ3) is 6.91. The van der Waals surface area contributed by atoms with Crippen LogP contribution in [-0.4, -0.2) is 30.3 Å². The summed E-state index contributed by atoms with van der Waals surface area (Å²) in [5.74, 6) is -0.582. The number of alkyl halides is 7. The number of carbonyl (C=O) groups excluding carboxylic acids is 2. The first kappa shape index (κ1) is 27.8. The minimum atomic E-state index is -4.98. The smallest absolute Gasteiger partial charge is 0.374 e. The standard InChI is InChI=1S/C24H23ClF6N2O3/c25-8-4-7-20(34)32-19-12-22(33-21(19)35,16-5-2-1-3-6-16)14-36-13-15-9-17(23(26,27)28)11-18(10-15)24(29,30)31/h1-3,5-6,9-11,19H,4,7-8,12-14H2,(H,32,34)(H,33,35)/t19-,22+/m0/s1. The first-order valence-corrected chi connectivity index (χ1v) is 11.5. The van der Waals surface area contributed by atoms with Crippen molar-refractivity contribution in [2.24, 2.45) is 0 Å². The Morgan fingerprint density at radius 1 is 1.06 bits per heavy atom. The molecule has 2 amide bonds. The number of hydrogen-bond acceptors (Lipinski definition) is 3. The summed E-state index contributed by atoms with van der Waals surface area (Å²) in [7, 11) is 0. The molecule has 1 aliphatic heterocycles. The Morgan fingerprint density at radius 3 is 2.22 bits per heavy atom. The third-order valence-electron chi connectivity index (χ3n) is 5.70. The molecule has 2 aromatic carbocycles. The van der Waals surface area contributed by atoms with E-state index in [4.69, 9.17) is 16.3 Å². The molecule has 0 bridgehead atoms. The highest BCUT2D eigenvalue weighted by molar-refractivity contribution is 6.17. The molecule has 1 heterocycles. The van der Waals surface area contributed by atoms with E-state index in [0.29, 0.717) is 24.1 Å². The molecular weight excluding hydrogens is 514 g/mol. The maximum Gasteiger partial charge on any atom is 0.416 e. The van der Waals surface area contributed by atoms with Gasteiger partial charge in [0.05, 0.1) is 29.9 Å². The van der Waals surface area contributed by atoms with Gasteiger partial charge < -0.3 is 15.4 Å². The molecule has 1 saturated heterocycles. The van der Waals surface area contributed by atoms with Gasteiger partial charge in [-0.05, 0) is 35.7 Å². The van der Waals surface area contributed by atoms with E-state index in [2.05, 4.69) is 10.6 Å². The fraction of sp³-hybridized carbons (Fsp3) is 0.417. The van der Waals surface area contributed by atoms with Gasteiger partial charge in [0.25, 0.3) is 0 Å². The van der Waals surface area contributed by atoms with E-state index in [0.717, 1.165) is 0 Å². The molecule has 1 fully saturated rings. The monoisotopic (exact) mass is 536 g/mol. The quantitative estimate of drug-likeness (QED) is 0.344. The fourth-order valence-corrected chi connectivity index (χ4v) is 4.13. The van der Waals surface area contributed by atoms with Gasteiger partial charge in [0, 0.05) is 18.7 Å². The van der Waals surface area contributed by atoms with Crippen molar-refractivity contribution in [2.75, 3.05) is 12.5 Å². The topological polar surface area (TPSA) is 67.4 Å². The van der Waals surface area contributed by atoms with Gasteiger partial charge in [-0.3, -0.25) is 9.59 Å². The third-order valence-corrected chi connectivity index (χ3v) is 5.96. The van der Waals surface area contributed by atoms with Gasteiger partial charge in [-0.25, -0.2) is 0 Å². The molecule has 2 atom stereocenters. The molecule has 12 heteroatoms. The van der Waals surface area contributed by atoms with Gasteiger partial charge in [-0.1, -0.05) is 30.3 Å². The highest BCUT2D eigenvalue weighted by Crippen LogP contribution is 2.37.